The molecular formula is C18H37N7O3Si. The molecule has 0 spiro atoms. The van der Waals surface area contributed by atoms with Gasteiger partial charge in [-0.2, -0.15) is 15.0 Å². The molecule has 1 rings (SSSR count). The van der Waals surface area contributed by atoms with E-state index in [1.165, 1.54) is 0 Å². The predicted octanol–water partition coefficient (Wildman–Crippen LogP) is 3.12. The average molecular weight is 428 g/mol. The maximum atomic E-state index is 6.28. The molecule has 5 N–H and O–H groups in total. The van der Waals surface area contributed by atoms with Crippen LogP contribution < -0.4 is 21.9 Å². The van der Waals surface area contributed by atoms with Crippen LogP contribution >= 0.6 is 0 Å². The van der Waals surface area contributed by atoms with Gasteiger partial charge in [-0.1, -0.05) is 6.08 Å². The Bertz CT molecular complexity index is 644. The third kappa shape index (κ3) is 9.99. The minimum Gasteiger partial charge on any atom is -0.377 e. The van der Waals surface area contributed by atoms with Crippen molar-refractivity contribution in [2.75, 3.05) is 29.7 Å². The molecule has 1 aromatic rings. The lowest BCUT2D eigenvalue weighted by Crippen LogP contribution is -2.53. The van der Waals surface area contributed by atoms with E-state index >= 15 is 0 Å². The van der Waals surface area contributed by atoms with Gasteiger partial charge in [0.2, 0.25) is 17.8 Å². The van der Waals surface area contributed by atoms with E-state index in [0.29, 0.717) is 24.5 Å². The largest absolute Gasteiger partial charge is 0.501 e. The Hall–Kier alpha value is -1.79. The minimum absolute atomic E-state index is 0.266. The van der Waals surface area contributed by atoms with Crippen molar-refractivity contribution in [3.8, 4) is 0 Å². The van der Waals surface area contributed by atoms with E-state index in [1.54, 1.807) is 13.3 Å². The summed E-state index contributed by atoms with van der Waals surface area (Å²) < 4.78 is 18.4. The quantitative estimate of drug-likeness (QED) is 0.181. The number of nitrogens with two attached hydrogens (primary N) is 1. The van der Waals surface area contributed by atoms with Crippen molar-refractivity contribution in [1.82, 2.24) is 15.0 Å². The van der Waals surface area contributed by atoms with Crippen LogP contribution in [0.25, 0.3) is 0 Å². The van der Waals surface area contributed by atoms with Crippen LogP contribution in [0.15, 0.2) is 12.3 Å². The summed E-state index contributed by atoms with van der Waals surface area (Å²) in [6.45, 7) is 14.5. The average Bonchev–Trinajstić information content (AvgIpc) is 2.60. The van der Waals surface area contributed by atoms with Crippen molar-refractivity contribution >= 4 is 26.6 Å². The fourth-order valence-corrected chi connectivity index (χ4v) is 5.58. The van der Waals surface area contributed by atoms with Gasteiger partial charge in [-0.3, -0.25) is 5.43 Å². The number of rotatable bonds is 11. The summed E-state index contributed by atoms with van der Waals surface area (Å²) in [5.41, 5.74) is 1.70. The van der Waals surface area contributed by atoms with Crippen molar-refractivity contribution in [2.24, 2.45) is 5.84 Å². The second-order valence-electron chi connectivity index (χ2n) is 8.44. The third-order valence-electron chi connectivity index (χ3n) is 3.32. The number of hydrogen-bond donors (Lipinski definition) is 4. The molecule has 0 aliphatic heterocycles. The van der Waals surface area contributed by atoms with Crippen molar-refractivity contribution < 1.29 is 13.3 Å². The van der Waals surface area contributed by atoms with E-state index in [-0.39, 0.29) is 17.2 Å². The molecule has 29 heavy (non-hydrogen) atoms. The van der Waals surface area contributed by atoms with Crippen LogP contribution in [0, 0.1) is 0 Å². The first-order valence-corrected chi connectivity index (χ1v) is 11.6. The van der Waals surface area contributed by atoms with Crippen LogP contribution in [0.5, 0.6) is 0 Å². The minimum atomic E-state index is -2.87. The SMILES string of the molecule is C/C=C/Nc1nc(NN)nc(NCCC[Si](OC)(OC(C)(C)C)OC(C)(C)C)n1. The normalized spacial score (nSPS) is 13.0. The van der Waals surface area contributed by atoms with E-state index in [0.717, 1.165) is 6.42 Å². The maximum absolute atomic E-state index is 6.28. The molecule has 0 saturated heterocycles. The van der Waals surface area contributed by atoms with Gasteiger partial charge in [-0.05, 0) is 61.1 Å². The number of aromatic nitrogens is 3. The van der Waals surface area contributed by atoms with Crippen molar-refractivity contribution in [3.63, 3.8) is 0 Å². The van der Waals surface area contributed by atoms with Gasteiger partial charge in [0.1, 0.15) is 0 Å². The van der Waals surface area contributed by atoms with Gasteiger partial charge in [-0.25, -0.2) is 5.84 Å². The number of nitrogen functional groups attached to an aromatic ring is 1. The highest BCUT2D eigenvalue weighted by Gasteiger charge is 2.46. The smallest absolute Gasteiger partial charge is 0.377 e. The molecule has 166 valence electrons. The number of nitrogens with one attached hydrogen (secondary N) is 3. The van der Waals surface area contributed by atoms with Gasteiger partial charge in [0, 0.05) is 19.7 Å². The van der Waals surface area contributed by atoms with E-state index in [1.807, 2.05) is 54.5 Å². The molecule has 0 amide bonds. The zero-order chi connectivity index (χ0) is 22.1. The molecule has 0 aliphatic rings. The van der Waals surface area contributed by atoms with Crippen molar-refractivity contribution in [2.45, 2.75) is 72.1 Å². The highest BCUT2D eigenvalue weighted by atomic mass is 28.4. The molecule has 0 atom stereocenters. The fourth-order valence-electron chi connectivity index (χ4n) is 2.49. The number of anilines is 3. The van der Waals surface area contributed by atoms with Gasteiger partial charge in [-0.15, -0.1) is 0 Å². The summed E-state index contributed by atoms with van der Waals surface area (Å²) in [6, 6.07) is 0.655. The summed E-state index contributed by atoms with van der Waals surface area (Å²) in [5.74, 6) is 6.51. The predicted molar refractivity (Wildman–Crippen MR) is 118 cm³/mol. The van der Waals surface area contributed by atoms with E-state index in [4.69, 9.17) is 19.1 Å². The lowest BCUT2D eigenvalue weighted by Gasteiger charge is -2.39. The Labute approximate surface area is 175 Å². The van der Waals surface area contributed by atoms with E-state index in [2.05, 4.69) is 31.0 Å². The van der Waals surface area contributed by atoms with Crippen LogP contribution in [0.1, 0.15) is 54.9 Å². The number of nitrogens with zero attached hydrogens (tertiary/aromatic N) is 3. The summed E-state index contributed by atoms with van der Waals surface area (Å²) in [7, 11) is -1.22. The standard InChI is InChI=1S/C18H37N7O3Si/c1-9-11-20-14-22-15(24-16(23-14)25-19)21-12-10-13-29(26-8,27-17(2,3)4)28-18(5,6)7/h9,11H,10,12-13,19H2,1-8H3,(H3,20,21,22,23,24,25)/b11-9+. The van der Waals surface area contributed by atoms with Gasteiger partial charge in [0.25, 0.3) is 0 Å². The van der Waals surface area contributed by atoms with Gasteiger partial charge in [0.15, 0.2) is 0 Å². The van der Waals surface area contributed by atoms with Crippen LogP contribution in [-0.4, -0.2) is 48.6 Å². The molecule has 11 heteroatoms. The van der Waals surface area contributed by atoms with E-state index in [9.17, 15) is 0 Å². The zero-order valence-corrected chi connectivity index (χ0v) is 19.9. The second kappa shape index (κ2) is 10.8. The maximum Gasteiger partial charge on any atom is 0.501 e. The Kier molecular flexibility index (Phi) is 9.43. The Morgan fingerprint density at radius 2 is 1.52 bits per heavy atom. The van der Waals surface area contributed by atoms with Crippen molar-refractivity contribution in [3.05, 3.63) is 12.3 Å². The lowest BCUT2D eigenvalue weighted by atomic mass is 10.2. The summed E-state index contributed by atoms with van der Waals surface area (Å²) in [4.78, 5) is 12.7. The molecule has 0 aliphatic carbocycles. The summed E-state index contributed by atoms with van der Waals surface area (Å²) >= 11 is 0. The molecular weight excluding hydrogens is 390 g/mol. The first kappa shape index (κ1) is 25.2. The molecule has 1 aromatic heterocycles. The highest BCUT2D eigenvalue weighted by molar-refractivity contribution is 6.60. The van der Waals surface area contributed by atoms with Crippen LogP contribution in [0.2, 0.25) is 6.04 Å². The number of hydrazine groups is 1. The van der Waals surface area contributed by atoms with E-state index < -0.39 is 8.80 Å². The van der Waals surface area contributed by atoms with Gasteiger partial charge < -0.3 is 23.9 Å². The fraction of sp³-hybridized carbons (Fsp3) is 0.722. The zero-order valence-electron chi connectivity index (χ0n) is 18.9. The van der Waals surface area contributed by atoms with Gasteiger partial charge in [0.05, 0.1) is 11.2 Å². The number of allylic oxidation sites excluding steroid dienone is 1. The molecule has 0 unspecified atom stereocenters. The number of hydrogen-bond acceptors (Lipinski definition) is 10. The molecule has 1 heterocycles. The Morgan fingerprint density at radius 1 is 0.966 bits per heavy atom. The van der Waals surface area contributed by atoms with Crippen LogP contribution in [0.3, 0.4) is 0 Å². The molecule has 0 fully saturated rings. The lowest BCUT2D eigenvalue weighted by molar-refractivity contribution is -0.0364. The van der Waals surface area contributed by atoms with Crippen LogP contribution in [0.4, 0.5) is 17.8 Å². The van der Waals surface area contributed by atoms with Crippen LogP contribution in [-0.2, 0) is 13.3 Å². The Morgan fingerprint density at radius 3 is 2.00 bits per heavy atom. The van der Waals surface area contributed by atoms with Crippen molar-refractivity contribution in [1.29, 1.82) is 0 Å². The first-order valence-electron chi connectivity index (χ1n) is 9.72. The summed E-state index contributed by atoms with van der Waals surface area (Å²) in [6.07, 6.45) is 4.32. The first-order chi connectivity index (χ1) is 13.4. The molecule has 0 aromatic carbocycles. The highest BCUT2D eigenvalue weighted by Crippen LogP contribution is 2.28. The monoisotopic (exact) mass is 427 g/mol. The second-order valence-corrected chi connectivity index (χ2v) is 11.1. The van der Waals surface area contributed by atoms with Gasteiger partial charge >= 0.3 is 8.80 Å². The summed E-state index contributed by atoms with van der Waals surface area (Å²) in [5, 5.41) is 6.15. The third-order valence-corrected chi connectivity index (χ3v) is 6.76. The molecule has 0 bridgehead atoms. The molecule has 0 saturated carbocycles. The molecule has 10 nitrogen and oxygen atoms in total. The Balaban J connectivity index is 2.79. The topological polar surface area (TPSA) is 128 Å². The molecule has 0 radical (unpaired) electrons.